The highest BCUT2D eigenvalue weighted by Gasteiger charge is 2.42. The van der Waals surface area contributed by atoms with Crippen LogP contribution < -0.4 is 10.9 Å². The van der Waals surface area contributed by atoms with Gasteiger partial charge in [-0.1, -0.05) is 18.2 Å². The Bertz CT molecular complexity index is 832. The van der Waals surface area contributed by atoms with Gasteiger partial charge in [0.15, 0.2) is 5.76 Å². The summed E-state index contributed by atoms with van der Waals surface area (Å²) in [6.07, 6.45) is -4.08. The molecule has 1 saturated heterocycles. The van der Waals surface area contributed by atoms with Crippen molar-refractivity contribution in [2.75, 3.05) is 13.1 Å². The Morgan fingerprint density at radius 1 is 1.23 bits per heavy atom. The Hall–Kier alpha value is -2.71. The van der Waals surface area contributed by atoms with E-state index in [2.05, 4.69) is 10.9 Å². The maximum absolute atomic E-state index is 12.8. The molecule has 0 radical (unpaired) electrons. The predicted octanol–water partition coefficient (Wildman–Crippen LogP) is 3.37. The molecule has 2 N–H and O–H groups in total. The molecule has 0 unspecified atom stereocenters. The van der Waals surface area contributed by atoms with Gasteiger partial charge in [-0.3, -0.25) is 10.2 Å². The van der Waals surface area contributed by atoms with Gasteiger partial charge in [0.2, 0.25) is 0 Å². The fourth-order valence-electron chi connectivity index (χ4n) is 3.07. The first kappa shape index (κ1) is 18.1. The van der Waals surface area contributed by atoms with Crippen LogP contribution in [0.5, 0.6) is 0 Å². The number of nitrogens with one attached hydrogen (secondary N) is 2. The van der Waals surface area contributed by atoms with Crippen molar-refractivity contribution < 1.29 is 27.2 Å². The monoisotopic (exact) mass is 369 g/mol. The van der Waals surface area contributed by atoms with Crippen LogP contribution in [0.2, 0.25) is 0 Å². The number of carbonyl (C=O) groups excluding carboxylic acids is 2. The Morgan fingerprint density at radius 2 is 1.96 bits per heavy atom. The van der Waals surface area contributed by atoms with Crippen LogP contribution in [0.15, 0.2) is 28.7 Å². The van der Waals surface area contributed by atoms with E-state index in [0.717, 1.165) is 10.3 Å². The fraction of sp³-hybridized carbons (Fsp3) is 0.412. The molecule has 0 saturated carbocycles. The molecule has 2 aromatic rings. The molecule has 140 valence electrons. The van der Waals surface area contributed by atoms with E-state index in [9.17, 15) is 22.8 Å². The quantitative estimate of drug-likeness (QED) is 0.757. The average Bonchev–Trinajstić information content (AvgIpc) is 2.96. The Kier molecular flexibility index (Phi) is 4.80. The summed E-state index contributed by atoms with van der Waals surface area (Å²) in [5.41, 5.74) is 5.50. The molecule has 1 fully saturated rings. The van der Waals surface area contributed by atoms with Gasteiger partial charge in [0.05, 0.1) is 5.92 Å². The molecular formula is C17H18F3N3O3. The summed E-state index contributed by atoms with van der Waals surface area (Å²) in [4.78, 5) is 25.3. The molecule has 1 aromatic carbocycles. The fourth-order valence-corrected chi connectivity index (χ4v) is 3.07. The summed E-state index contributed by atoms with van der Waals surface area (Å²) in [6.45, 7) is 1.49. The zero-order chi connectivity index (χ0) is 18.9. The number of piperidine rings is 1. The number of alkyl halides is 3. The average molecular weight is 369 g/mol. The summed E-state index contributed by atoms with van der Waals surface area (Å²) in [5, 5.41) is 0.771. The zero-order valence-corrected chi connectivity index (χ0v) is 14.0. The second-order valence-corrected chi connectivity index (χ2v) is 6.26. The Labute approximate surface area is 147 Å². The molecule has 0 spiro atoms. The van der Waals surface area contributed by atoms with Gasteiger partial charge in [0.25, 0.3) is 0 Å². The van der Waals surface area contributed by atoms with Crippen LogP contribution in [0.25, 0.3) is 11.0 Å². The van der Waals surface area contributed by atoms with Gasteiger partial charge in [-0.15, -0.1) is 0 Å². The van der Waals surface area contributed by atoms with E-state index < -0.39 is 30.6 Å². The maximum atomic E-state index is 12.8. The van der Waals surface area contributed by atoms with E-state index in [1.54, 1.807) is 25.1 Å². The number of fused-ring (bicyclic) bond motifs is 1. The number of hydrazine groups is 1. The summed E-state index contributed by atoms with van der Waals surface area (Å²) >= 11 is 0. The first-order valence-electron chi connectivity index (χ1n) is 8.17. The SMILES string of the molecule is Cc1c(C(=O)NNC(=O)N2CCC[C@@H](C(F)(F)F)C2)oc2ccccc12. The number of hydrogen-bond acceptors (Lipinski definition) is 3. The first-order chi connectivity index (χ1) is 12.3. The van der Waals surface area contributed by atoms with Crippen molar-refractivity contribution in [2.45, 2.75) is 25.9 Å². The minimum atomic E-state index is -4.34. The zero-order valence-electron chi connectivity index (χ0n) is 14.0. The first-order valence-corrected chi connectivity index (χ1v) is 8.17. The molecule has 9 heteroatoms. The highest BCUT2D eigenvalue weighted by Crippen LogP contribution is 2.33. The van der Waals surface area contributed by atoms with Gasteiger partial charge < -0.3 is 9.32 Å². The third kappa shape index (κ3) is 3.61. The van der Waals surface area contributed by atoms with Gasteiger partial charge >= 0.3 is 18.1 Å². The lowest BCUT2D eigenvalue weighted by Crippen LogP contribution is -2.53. The Morgan fingerprint density at radius 3 is 2.65 bits per heavy atom. The van der Waals surface area contributed by atoms with Crippen LogP contribution in [0.1, 0.15) is 29.0 Å². The van der Waals surface area contributed by atoms with Gasteiger partial charge in [-0.2, -0.15) is 13.2 Å². The van der Waals surface area contributed by atoms with Gasteiger partial charge in [0, 0.05) is 24.0 Å². The number of carbonyl (C=O) groups is 2. The molecule has 1 atom stereocenters. The van der Waals surface area contributed by atoms with Crippen molar-refractivity contribution in [3.63, 3.8) is 0 Å². The minimum absolute atomic E-state index is 0.00216. The summed E-state index contributed by atoms with van der Waals surface area (Å²) in [6, 6.07) is 6.31. The molecule has 26 heavy (non-hydrogen) atoms. The van der Waals surface area contributed by atoms with Crippen molar-refractivity contribution in [1.82, 2.24) is 15.8 Å². The second kappa shape index (κ2) is 6.89. The highest BCUT2D eigenvalue weighted by molar-refractivity contribution is 5.99. The normalized spacial score (nSPS) is 18.0. The lowest BCUT2D eigenvalue weighted by Gasteiger charge is -2.33. The highest BCUT2D eigenvalue weighted by atomic mass is 19.4. The largest absolute Gasteiger partial charge is 0.451 e. The topological polar surface area (TPSA) is 74.6 Å². The number of urea groups is 1. The molecule has 1 aliphatic rings. The van der Waals surface area contributed by atoms with Crippen molar-refractivity contribution in [3.8, 4) is 0 Å². The molecule has 1 aliphatic heterocycles. The van der Waals surface area contributed by atoms with Crippen LogP contribution in [0, 0.1) is 12.8 Å². The number of aryl methyl sites for hydroxylation is 1. The molecule has 0 bridgehead atoms. The number of benzene rings is 1. The van der Waals surface area contributed by atoms with Gasteiger partial charge in [-0.25, -0.2) is 10.2 Å². The lowest BCUT2D eigenvalue weighted by atomic mass is 9.98. The van der Waals surface area contributed by atoms with E-state index in [0.29, 0.717) is 11.1 Å². The molecule has 2 heterocycles. The predicted molar refractivity (Wildman–Crippen MR) is 87.3 cm³/mol. The maximum Gasteiger partial charge on any atom is 0.393 e. The van der Waals surface area contributed by atoms with E-state index in [1.807, 2.05) is 6.07 Å². The lowest BCUT2D eigenvalue weighted by molar-refractivity contribution is -0.184. The number of nitrogens with zero attached hydrogens (tertiary/aromatic N) is 1. The second-order valence-electron chi connectivity index (χ2n) is 6.26. The number of amides is 3. The summed E-state index contributed by atoms with van der Waals surface area (Å²) < 4.78 is 43.9. The smallest absolute Gasteiger partial charge is 0.393 e. The van der Waals surface area contributed by atoms with Crippen molar-refractivity contribution in [2.24, 2.45) is 5.92 Å². The third-order valence-electron chi connectivity index (χ3n) is 4.50. The van der Waals surface area contributed by atoms with Crippen LogP contribution in [0.4, 0.5) is 18.0 Å². The number of rotatable bonds is 1. The summed E-state index contributed by atoms with van der Waals surface area (Å²) in [7, 11) is 0. The number of halogens is 3. The van der Waals surface area contributed by atoms with E-state index in [4.69, 9.17) is 4.42 Å². The molecular weight excluding hydrogens is 351 g/mol. The summed E-state index contributed by atoms with van der Waals surface area (Å²) in [5.74, 6) is -2.18. The van der Waals surface area contributed by atoms with Gasteiger partial charge in [0.1, 0.15) is 5.58 Å². The van der Waals surface area contributed by atoms with Gasteiger partial charge in [-0.05, 0) is 25.8 Å². The van der Waals surface area contributed by atoms with Crippen LogP contribution in [0.3, 0.4) is 0 Å². The van der Waals surface area contributed by atoms with E-state index in [-0.39, 0.29) is 25.1 Å². The number of furan rings is 1. The number of para-hydroxylation sites is 1. The van der Waals surface area contributed by atoms with Crippen LogP contribution >= 0.6 is 0 Å². The van der Waals surface area contributed by atoms with Crippen LogP contribution in [-0.2, 0) is 0 Å². The van der Waals surface area contributed by atoms with Crippen LogP contribution in [-0.4, -0.2) is 36.1 Å². The third-order valence-corrected chi connectivity index (χ3v) is 4.50. The minimum Gasteiger partial charge on any atom is -0.451 e. The van der Waals surface area contributed by atoms with Crippen molar-refractivity contribution in [1.29, 1.82) is 0 Å². The van der Waals surface area contributed by atoms with E-state index in [1.165, 1.54) is 0 Å². The standard InChI is InChI=1S/C17H18F3N3O3/c1-10-12-6-2-3-7-13(12)26-14(10)15(24)21-22-16(25)23-8-4-5-11(9-23)17(18,19)20/h2-3,6-7,11H,4-5,8-9H2,1H3,(H,21,24)(H,22,25)/t11-/m1/s1. The molecule has 3 rings (SSSR count). The van der Waals surface area contributed by atoms with E-state index >= 15 is 0 Å². The van der Waals surface area contributed by atoms with Crippen molar-refractivity contribution >= 4 is 22.9 Å². The number of likely N-dealkylation sites (tertiary alicyclic amines) is 1. The molecule has 6 nitrogen and oxygen atoms in total. The molecule has 0 aliphatic carbocycles. The Balaban J connectivity index is 1.62. The number of hydrogen-bond donors (Lipinski definition) is 2. The van der Waals surface area contributed by atoms with Crippen molar-refractivity contribution in [3.05, 3.63) is 35.6 Å². The molecule has 1 aromatic heterocycles. The molecule has 3 amide bonds.